The van der Waals surface area contributed by atoms with E-state index in [2.05, 4.69) is 21.2 Å². The molecule has 0 fully saturated rings. The summed E-state index contributed by atoms with van der Waals surface area (Å²) in [7, 11) is 0. The van der Waals surface area contributed by atoms with Crippen molar-refractivity contribution < 1.29 is 4.79 Å². The molecule has 0 aromatic heterocycles. The predicted octanol–water partition coefficient (Wildman–Crippen LogP) is 3.84. The summed E-state index contributed by atoms with van der Waals surface area (Å²) < 4.78 is 1.01. The quantitative estimate of drug-likeness (QED) is 0.808. The zero-order valence-electron chi connectivity index (χ0n) is 12.0. The van der Waals surface area contributed by atoms with Crippen LogP contribution in [-0.2, 0) is 11.2 Å². The van der Waals surface area contributed by atoms with Crippen molar-refractivity contribution in [3.05, 3.63) is 64.1 Å². The molecule has 0 radical (unpaired) electrons. The van der Waals surface area contributed by atoms with Crippen molar-refractivity contribution in [1.82, 2.24) is 5.32 Å². The first-order valence-corrected chi connectivity index (χ1v) is 7.73. The zero-order valence-corrected chi connectivity index (χ0v) is 13.6. The molecule has 4 heteroatoms. The van der Waals surface area contributed by atoms with Gasteiger partial charge in [-0.25, -0.2) is 0 Å². The van der Waals surface area contributed by atoms with Gasteiger partial charge in [-0.3, -0.25) is 4.79 Å². The highest BCUT2D eigenvalue weighted by Gasteiger charge is 2.09. The van der Waals surface area contributed by atoms with Crippen LogP contribution in [-0.4, -0.2) is 5.91 Å². The monoisotopic (exact) mass is 346 g/mol. The van der Waals surface area contributed by atoms with E-state index in [-0.39, 0.29) is 11.9 Å². The van der Waals surface area contributed by atoms with E-state index in [0.717, 1.165) is 21.3 Å². The van der Waals surface area contributed by atoms with Gasteiger partial charge in [-0.1, -0.05) is 40.2 Å². The molecule has 110 valence electrons. The second-order valence-corrected chi connectivity index (χ2v) is 6.00. The number of rotatable bonds is 5. The van der Waals surface area contributed by atoms with Gasteiger partial charge in [0.1, 0.15) is 0 Å². The van der Waals surface area contributed by atoms with Gasteiger partial charge in [-0.05, 0) is 48.7 Å². The Morgan fingerprint density at radius 3 is 2.71 bits per heavy atom. The number of halogens is 1. The van der Waals surface area contributed by atoms with E-state index in [0.29, 0.717) is 12.8 Å². The second-order valence-electron chi connectivity index (χ2n) is 5.09. The molecule has 0 bridgehead atoms. The lowest BCUT2D eigenvalue weighted by Crippen LogP contribution is -2.26. The number of carbonyl (C=O) groups is 1. The third kappa shape index (κ3) is 4.90. The molecule has 2 aromatic carbocycles. The van der Waals surface area contributed by atoms with E-state index in [1.165, 1.54) is 0 Å². The van der Waals surface area contributed by atoms with Crippen molar-refractivity contribution in [3.8, 4) is 0 Å². The summed E-state index contributed by atoms with van der Waals surface area (Å²) in [5, 5.41) is 3.02. The first-order chi connectivity index (χ1) is 10.0. The summed E-state index contributed by atoms with van der Waals surface area (Å²) in [6.45, 7) is 1.99. The van der Waals surface area contributed by atoms with Gasteiger partial charge in [-0.2, -0.15) is 0 Å². The van der Waals surface area contributed by atoms with Crippen LogP contribution in [0.15, 0.2) is 53.0 Å². The Labute approximate surface area is 133 Å². The smallest absolute Gasteiger partial charge is 0.220 e. The predicted molar refractivity (Wildman–Crippen MR) is 89.9 cm³/mol. The minimum absolute atomic E-state index is 0.00385. The van der Waals surface area contributed by atoms with Crippen molar-refractivity contribution in [2.24, 2.45) is 0 Å². The maximum atomic E-state index is 12.0. The fourth-order valence-electron chi connectivity index (χ4n) is 2.18. The van der Waals surface area contributed by atoms with Gasteiger partial charge in [0.2, 0.25) is 5.91 Å². The number of carbonyl (C=O) groups excluding carboxylic acids is 1. The first-order valence-electron chi connectivity index (χ1n) is 6.94. The zero-order chi connectivity index (χ0) is 15.2. The molecular weight excluding hydrogens is 328 g/mol. The number of anilines is 1. The third-order valence-corrected chi connectivity index (χ3v) is 3.81. The van der Waals surface area contributed by atoms with E-state index in [1.807, 2.05) is 55.5 Å². The second kappa shape index (κ2) is 7.27. The van der Waals surface area contributed by atoms with Crippen molar-refractivity contribution >= 4 is 27.5 Å². The molecule has 1 amide bonds. The molecular formula is C17H19BrN2O. The molecule has 1 atom stereocenters. The fourth-order valence-corrected chi connectivity index (χ4v) is 2.60. The molecule has 0 aliphatic heterocycles. The van der Waals surface area contributed by atoms with E-state index < -0.39 is 0 Å². The molecule has 3 N–H and O–H groups in total. The minimum Gasteiger partial charge on any atom is -0.399 e. The average Bonchev–Trinajstić information content (AvgIpc) is 2.45. The number of hydrogen-bond acceptors (Lipinski definition) is 2. The molecule has 0 saturated heterocycles. The SMILES string of the molecule is CC(NC(=O)CCc1cccc(N)c1)c1cccc(Br)c1. The molecule has 3 nitrogen and oxygen atoms in total. The lowest BCUT2D eigenvalue weighted by Gasteiger charge is -2.14. The van der Waals surface area contributed by atoms with Crippen molar-refractivity contribution in [3.63, 3.8) is 0 Å². The largest absolute Gasteiger partial charge is 0.399 e. The summed E-state index contributed by atoms with van der Waals surface area (Å²) in [5.41, 5.74) is 8.63. The lowest BCUT2D eigenvalue weighted by atomic mass is 10.1. The number of benzene rings is 2. The van der Waals surface area contributed by atoms with Crippen LogP contribution in [0.5, 0.6) is 0 Å². The highest BCUT2D eigenvalue weighted by atomic mass is 79.9. The van der Waals surface area contributed by atoms with Crippen molar-refractivity contribution in [2.75, 3.05) is 5.73 Å². The van der Waals surface area contributed by atoms with Crippen LogP contribution in [0.3, 0.4) is 0 Å². The summed E-state index contributed by atoms with van der Waals surface area (Å²) in [5.74, 6) is 0.0462. The normalized spacial score (nSPS) is 11.9. The molecule has 0 saturated carbocycles. The Morgan fingerprint density at radius 1 is 1.24 bits per heavy atom. The van der Waals surface area contributed by atoms with Crippen LogP contribution in [0.25, 0.3) is 0 Å². The molecule has 0 heterocycles. The standard InChI is InChI=1S/C17H19BrN2O/c1-12(14-5-3-6-15(18)11-14)20-17(21)9-8-13-4-2-7-16(19)10-13/h2-7,10-12H,8-9,19H2,1H3,(H,20,21). The summed E-state index contributed by atoms with van der Waals surface area (Å²) in [6, 6.07) is 15.6. The van der Waals surface area contributed by atoms with Gasteiger partial charge in [0, 0.05) is 16.6 Å². The summed E-state index contributed by atoms with van der Waals surface area (Å²) >= 11 is 3.44. The maximum absolute atomic E-state index is 12.0. The van der Waals surface area contributed by atoms with Gasteiger partial charge < -0.3 is 11.1 Å². The molecule has 2 aromatic rings. The van der Waals surface area contributed by atoms with Crippen LogP contribution < -0.4 is 11.1 Å². The number of nitrogens with one attached hydrogen (secondary N) is 1. The van der Waals surface area contributed by atoms with E-state index in [4.69, 9.17) is 5.73 Å². The van der Waals surface area contributed by atoms with Crippen molar-refractivity contribution in [1.29, 1.82) is 0 Å². The average molecular weight is 347 g/mol. The van der Waals surface area contributed by atoms with Gasteiger partial charge in [0.15, 0.2) is 0 Å². The highest BCUT2D eigenvalue weighted by molar-refractivity contribution is 9.10. The van der Waals surface area contributed by atoms with Gasteiger partial charge in [-0.15, -0.1) is 0 Å². The molecule has 0 aliphatic rings. The maximum Gasteiger partial charge on any atom is 0.220 e. The topological polar surface area (TPSA) is 55.1 Å². The Balaban J connectivity index is 1.87. The Hall–Kier alpha value is -1.81. The Morgan fingerprint density at radius 2 is 2.00 bits per heavy atom. The third-order valence-electron chi connectivity index (χ3n) is 3.32. The number of nitrogen functional groups attached to an aromatic ring is 1. The van der Waals surface area contributed by atoms with Crippen LogP contribution in [0.2, 0.25) is 0 Å². The highest BCUT2D eigenvalue weighted by Crippen LogP contribution is 2.18. The van der Waals surface area contributed by atoms with Crippen LogP contribution >= 0.6 is 15.9 Å². The Kier molecular flexibility index (Phi) is 5.39. The number of amides is 1. The van der Waals surface area contributed by atoms with E-state index in [9.17, 15) is 4.79 Å². The van der Waals surface area contributed by atoms with E-state index >= 15 is 0 Å². The Bertz CT molecular complexity index is 628. The number of nitrogens with two attached hydrogens (primary N) is 1. The molecule has 0 spiro atoms. The number of aryl methyl sites for hydroxylation is 1. The van der Waals surface area contributed by atoms with Crippen LogP contribution in [0, 0.1) is 0 Å². The fraction of sp³-hybridized carbons (Fsp3) is 0.235. The van der Waals surface area contributed by atoms with Crippen molar-refractivity contribution in [2.45, 2.75) is 25.8 Å². The lowest BCUT2D eigenvalue weighted by molar-refractivity contribution is -0.121. The van der Waals surface area contributed by atoms with Gasteiger partial charge in [0.25, 0.3) is 0 Å². The number of hydrogen-bond donors (Lipinski definition) is 2. The van der Waals surface area contributed by atoms with E-state index in [1.54, 1.807) is 0 Å². The molecule has 1 unspecified atom stereocenters. The molecule has 21 heavy (non-hydrogen) atoms. The first kappa shape index (κ1) is 15.6. The molecule has 0 aliphatic carbocycles. The van der Waals surface area contributed by atoms with Crippen LogP contribution in [0.1, 0.15) is 30.5 Å². The van der Waals surface area contributed by atoms with Gasteiger partial charge >= 0.3 is 0 Å². The van der Waals surface area contributed by atoms with Gasteiger partial charge in [0.05, 0.1) is 6.04 Å². The summed E-state index contributed by atoms with van der Waals surface area (Å²) in [6.07, 6.45) is 1.16. The minimum atomic E-state index is -0.00385. The molecule has 2 rings (SSSR count). The van der Waals surface area contributed by atoms with Crippen LogP contribution in [0.4, 0.5) is 5.69 Å². The summed E-state index contributed by atoms with van der Waals surface area (Å²) in [4.78, 5) is 12.0.